The highest BCUT2D eigenvalue weighted by Gasteiger charge is 2.40. The Morgan fingerprint density at radius 1 is 1.36 bits per heavy atom. The number of halogens is 4. The molecule has 132 valence electrons. The summed E-state index contributed by atoms with van der Waals surface area (Å²) in [5, 5.41) is 16.0. The van der Waals surface area contributed by atoms with Crippen molar-refractivity contribution in [3.05, 3.63) is 28.8 Å². The van der Waals surface area contributed by atoms with E-state index in [1.54, 1.807) is 13.8 Å². The first-order chi connectivity index (χ1) is 11.6. The minimum Gasteiger partial charge on any atom is -0.320 e. The van der Waals surface area contributed by atoms with Gasteiger partial charge in [0.05, 0.1) is 29.2 Å². The van der Waals surface area contributed by atoms with Gasteiger partial charge in [0.1, 0.15) is 5.54 Å². The van der Waals surface area contributed by atoms with E-state index in [0.717, 1.165) is 6.20 Å². The number of aromatic nitrogens is 4. The molecule has 0 spiro atoms. The largest absolute Gasteiger partial charge is 0.419 e. The molecule has 0 unspecified atom stereocenters. The van der Waals surface area contributed by atoms with E-state index >= 15 is 0 Å². The summed E-state index contributed by atoms with van der Waals surface area (Å²) in [6.45, 7) is 3.31. The lowest BCUT2D eigenvalue weighted by atomic mass is 10.1. The van der Waals surface area contributed by atoms with Crippen molar-refractivity contribution in [1.29, 1.82) is 5.26 Å². The second-order valence-electron chi connectivity index (χ2n) is 6.34. The average molecular weight is 371 g/mol. The van der Waals surface area contributed by atoms with Crippen molar-refractivity contribution in [1.82, 2.24) is 19.7 Å². The fraction of sp³-hybridized carbons (Fsp3) is 0.467. The predicted octanol–water partition coefficient (Wildman–Crippen LogP) is 4.22. The highest BCUT2D eigenvalue weighted by molar-refractivity contribution is 6.32. The van der Waals surface area contributed by atoms with Crippen molar-refractivity contribution < 1.29 is 13.2 Å². The Labute approximate surface area is 146 Å². The third-order valence-corrected chi connectivity index (χ3v) is 4.13. The van der Waals surface area contributed by atoms with Crippen LogP contribution in [0.2, 0.25) is 5.15 Å². The Hall–Kier alpha value is -2.34. The van der Waals surface area contributed by atoms with Crippen LogP contribution in [0.15, 0.2) is 12.4 Å². The van der Waals surface area contributed by atoms with Crippen molar-refractivity contribution in [3.8, 4) is 6.07 Å². The summed E-state index contributed by atoms with van der Waals surface area (Å²) in [5.41, 5.74) is -1.44. The molecule has 10 heteroatoms. The first-order valence-corrected chi connectivity index (χ1v) is 7.87. The van der Waals surface area contributed by atoms with Crippen LogP contribution in [0.25, 0.3) is 0 Å². The maximum Gasteiger partial charge on any atom is 0.419 e. The third-order valence-electron chi connectivity index (χ3n) is 3.85. The molecule has 0 bridgehead atoms. The number of hydrogen-bond donors (Lipinski definition) is 1. The van der Waals surface area contributed by atoms with Gasteiger partial charge in [-0.2, -0.15) is 23.5 Å². The maximum atomic E-state index is 13.1. The zero-order chi connectivity index (χ0) is 18.4. The van der Waals surface area contributed by atoms with Gasteiger partial charge < -0.3 is 5.32 Å². The molecule has 25 heavy (non-hydrogen) atoms. The van der Waals surface area contributed by atoms with Crippen LogP contribution in [0.5, 0.6) is 0 Å². The van der Waals surface area contributed by atoms with Gasteiger partial charge in [0, 0.05) is 12.1 Å². The van der Waals surface area contributed by atoms with Gasteiger partial charge in [0.2, 0.25) is 5.95 Å². The normalized spacial score (nSPS) is 15.1. The van der Waals surface area contributed by atoms with Crippen LogP contribution < -0.4 is 5.32 Å². The molecular formula is C15H14ClF3N6. The second kappa shape index (κ2) is 5.88. The quantitative estimate of drug-likeness (QED) is 0.871. The fourth-order valence-electron chi connectivity index (χ4n) is 2.24. The molecule has 1 N–H and O–H groups in total. The topological polar surface area (TPSA) is 79.4 Å². The van der Waals surface area contributed by atoms with Crippen molar-refractivity contribution in [2.24, 2.45) is 0 Å². The molecule has 0 aliphatic heterocycles. The van der Waals surface area contributed by atoms with E-state index in [-0.39, 0.29) is 22.7 Å². The van der Waals surface area contributed by atoms with Crippen molar-refractivity contribution >= 4 is 23.2 Å². The standard InChI is InChI=1S/C15H14ClF3N6/c1-14(2,7-20)25-6-10(12(16)24-25)22-13-21-5-9(15(17,18)19)11(23-13)8-3-4-8/h5-6,8H,3-4H2,1-2H3,(H,21,22,23). The number of nitriles is 1. The molecule has 1 aliphatic carbocycles. The lowest BCUT2D eigenvalue weighted by molar-refractivity contribution is -0.138. The number of rotatable bonds is 4. The van der Waals surface area contributed by atoms with Gasteiger partial charge in [-0.1, -0.05) is 11.6 Å². The van der Waals surface area contributed by atoms with E-state index in [9.17, 15) is 13.2 Å². The highest BCUT2D eigenvalue weighted by Crippen LogP contribution is 2.45. The summed E-state index contributed by atoms with van der Waals surface area (Å²) in [4.78, 5) is 7.77. The molecule has 2 aromatic rings. The van der Waals surface area contributed by atoms with Gasteiger partial charge in [-0.3, -0.25) is 0 Å². The van der Waals surface area contributed by atoms with Gasteiger partial charge in [0.25, 0.3) is 0 Å². The summed E-state index contributed by atoms with van der Waals surface area (Å²) < 4.78 is 40.6. The summed E-state index contributed by atoms with van der Waals surface area (Å²) in [6, 6.07) is 2.08. The molecule has 2 aromatic heterocycles. The van der Waals surface area contributed by atoms with E-state index in [0.29, 0.717) is 18.5 Å². The zero-order valence-electron chi connectivity index (χ0n) is 13.4. The molecule has 2 heterocycles. The Balaban J connectivity index is 1.92. The summed E-state index contributed by atoms with van der Waals surface area (Å²) in [5.74, 6) is -0.193. The molecule has 1 aliphatic rings. The number of alkyl halides is 3. The van der Waals surface area contributed by atoms with E-state index in [1.165, 1.54) is 10.9 Å². The van der Waals surface area contributed by atoms with Crippen LogP contribution in [0.1, 0.15) is 43.9 Å². The van der Waals surface area contributed by atoms with Gasteiger partial charge in [0.15, 0.2) is 5.15 Å². The third kappa shape index (κ3) is 3.54. The Kier molecular flexibility index (Phi) is 4.11. The minimum absolute atomic E-state index is 0.00566. The highest BCUT2D eigenvalue weighted by atomic mass is 35.5. The van der Waals surface area contributed by atoms with Crippen LogP contribution in [0.4, 0.5) is 24.8 Å². The SMILES string of the molecule is CC(C)(C#N)n1cc(Nc2ncc(C(F)(F)F)c(C3CC3)n2)c(Cl)n1. The Bertz CT molecular complexity index is 848. The van der Waals surface area contributed by atoms with Crippen LogP contribution >= 0.6 is 11.6 Å². The summed E-state index contributed by atoms with van der Waals surface area (Å²) in [6.07, 6.45) is -0.872. The molecule has 1 fully saturated rings. The van der Waals surface area contributed by atoms with Crippen LogP contribution in [-0.2, 0) is 11.7 Å². The smallest absolute Gasteiger partial charge is 0.320 e. The second-order valence-corrected chi connectivity index (χ2v) is 6.70. The predicted molar refractivity (Wildman–Crippen MR) is 84.5 cm³/mol. The molecule has 0 radical (unpaired) electrons. The van der Waals surface area contributed by atoms with E-state index in [1.807, 2.05) is 0 Å². The van der Waals surface area contributed by atoms with Gasteiger partial charge >= 0.3 is 6.18 Å². The maximum absolute atomic E-state index is 13.1. The molecule has 6 nitrogen and oxygen atoms in total. The molecule has 3 rings (SSSR count). The van der Waals surface area contributed by atoms with Crippen molar-refractivity contribution in [3.63, 3.8) is 0 Å². The molecular weight excluding hydrogens is 357 g/mol. The number of hydrogen-bond acceptors (Lipinski definition) is 5. The van der Waals surface area contributed by atoms with E-state index < -0.39 is 17.3 Å². The average Bonchev–Trinajstić information content (AvgIpc) is 3.31. The van der Waals surface area contributed by atoms with Crippen molar-refractivity contribution in [2.45, 2.75) is 44.3 Å². The lowest BCUT2D eigenvalue weighted by Crippen LogP contribution is -2.24. The van der Waals surface area contributed by atoms with Gasteiger partial charge in [-0.05, 0) is 26.7 Å². The lowest BCUT2D eigenvalue weighted by Gasteiger charge is -2.15. The van der Waals surface area contributed by atoms with E-state index in [2.05, 4.69) is 26.5 Å². The van der Waals surface area contributed by atoms with Crippen LogP contribution in [-0.4, -0.2) is 19.7 Å². The number of nitrogens with one attached hydrogen (secondary N) is 1. The van der Waals surface area contributed by atoms with Crippen LogP contribution in [0, 0.1) is 11.3 Å². The van der Waals surface area contributed by atoms with Gasteiger partial charge in [-0.25, -0.2) is 14.6 Å². The van der Waals surface area contributed by atoms with E-state index in [4.69, 9.17) is 16.9 Å². The molecule has 0 amide bonds. The Morgan fingerprint density at radius 2 is 2.04 bits per heavy atom. The Morgan fingerprint density at radius 3 is 2.60 bits per heavy atom. The molecule has 1 saturated carbocycles. The first-order valence-electron chi connectivity index (χ1n) is 7.50. The van der Waals surface area contributed by atoms with Crippen molar-refractivity contribution in [2.75, 3.05) is 5.32 Å². The first kappa shape index (κ1) is 17.5. The molecule has 0 aromatic carbocycles. The monoisotopic (exact) mass is 370 g/mol. The summed E-state index contributed by atoms with van der Waals surface area (Å²) in [7, 11) is 0. The van der Waals surface area contributed by atoms with Crippen LogP contribution in [0.3, 0.4) is 0 Å². The molecule has 0 atom stereocenters. The molecule has 0 saturated heterocycles. The summed E-state index contributed by atoms with van der Waals surface area (Å²) >= 11 is 6.04. The fourth-order valence-corrected chi connectivity index (χ4v) is 2.41. The number of nitrogens with zero attached hydrogens (tertiary/aromatic N) is 5. The minimum atomic E-state index is -4.49. The van der Waals surface area contributed by atoms with Gasteiger partial charge in [-0.15, -0.1) is 0 Å². The zero-order valence-corrected chi connectivity index (χ0v) is 14.2. The number of anilines is 2.